The summed E-state index contributed by atoms with van der Waals surface area (Å²) < 4.78 is 0. The minimum atomic E-state index is -0.705. The average Bonchev–Trinajstić information content (AvgIpc) is 2.49. The number of carbonyl (C=O) groups excluding carboxylic acids is 1. The summed E-state index contributed by atoms with van der Waals surface area (Å²) in [7, 11) is 0. The summed E-state index contributed by atoms with van der Waals surface area (Å²) in [5.41, 5.74) is 0.803. The number of rotatable bonds is 1. The quantitative estimate of drug-likeness (QED) is 0.766. The molecule has 0 aromatic heterocycles. The van der Waals surface area contributed by atoms with Crippen molar-refractivity contribution in [1.82, 2.24) is 0 Å². The van der Waals surface area contributed by atoms with Crippen LogP contribution in [0.3, 0.4) is 0 Å². The highest BCUT2D eigenvalue weighted by atomic mass is 35.5. The minimum absolute atomic E-state index is 0.0557. The fourth-order valence-electron chi connectivity index (χ4n) is 1.61. The summed E-state index contributed by atoms with van der Waals surface area (Å²) >= 11 is 5.73. The molecule has 1 aliphatic rings. The Labute approximate surface area is 86.8 Å². The zero-order valence-electron chi connectivity index (χ0n) is 7.35. The molecule has 1 aromatic carbocycles. The van der Waals surface area contributed by atoms with Gasteiger partial charge in [0.05, 0.1) is 12.0 Å². The van der Waals surface area contributed by atoms with Gasteiger partial charge in [-0.25, -0.2) is 0 Å². The number of allylic oxidation sites excluding steroid dienone is 1. The largest absolute Gasteiger partial charge is 0.388 e. The topological polar surface area (TPSA) is 37.3 Å². The molecule has 0 saturated heterocycles. The van der Waals surface area contributed by atoms with Gasteiger partial charge in [-0.1, -0.05) is 29.8 Å². The van der Waals surface area contributed by atoms with Gasteiger partial charge in [-0.2, -0.15) is 0 Å². The Morgan fingerprint density at radius 3 is 2.36 bits per heavy atom. The standard InChI is InChI=1S/C11H9ClO2/c12-8-3-1-7(2-4-8)11-9(13)5-6-10(11)14/h1-6,9,11,13H/t9-,11+/m0/s1. The van der Waals surface area contributed by atoms with Crippen LogP contribution in [0, 0.1) is 0 Å². The number of aliphatic hydroxyl groups excluding tert-OH is 1. The number of hydrogen-bond donors (Lipinski definition) is 1. The van der Waals surface area contributed by atoms with Gasteiger partial charge < -0.3 is 5.11 Å². The Hall–Kier alpha value is -1.12. The highest BCUT2D eigenvalue weighted by Gasteiger charge is 2.29. The van der Waals surface area contributed by atoms with E-state index in [0.717, 1.165) is 5.56 Å². The molecule has 0 heterocycles. The van der Waals surface area contributed by atoms with Crippen LogP contribution in [-0.2, 0) is 4.79 Å². The Kier molecular flexibility index (Phi) is 2.40. The van der Waals surface area contributed by atoms with Crippen molar-refractivity contribution in [3.8, 4) is 0 Å². The van der Waals surface area contributed by atoms with E-state index >= 15 is 0 Å². The lowest BCUT2D eigenvalue weighted by atomic mass is 9.94. The molecule has 2 rings (SSSR count). The molecule has 1 aromatic rings. The monoisotopic (exact) mass is 208 g/mol. The van der Waals surface area contributed by atoms with Crippen LogP contribution in [0.15, 0.2) is 36.4 Å². The third-order valence-electron chi connectivity index (χ3n) is 2.33. The molecule has 2 atom stereocenters. The maximum atomic E-state index is 11.4. The summed E-state index contributed by atoms with van der Waals surface area (Å²) in [6, 6.07) is 6.96. The smallest absolute Gasteiger partial charge is 0.165 e. The van der Waals surface area contributed by atoms with Gasteiger partial charge >= 0.3 is 0 Å². The molecule has 1 N–H and O–H groups in total. The van der Waals surface area contributed by atoms with Gasteiger partial charge in [0.2, 0.25) is 0 Å². The van der Waals surface area contributed by atoms with Gasteiger partial charge in [-0.05, 0) is 23.8 Å². The van der Waals surface area contributed by atoms with Crippen molar-refractivity contribution in [2.24, 2.45) is 0 Å². The fraction of sp³-hybridized carbons (Fsp3) is 0.182. The SMILES string of the molecule is O=C1C=C[C@H](O)[C@H]1c1ccc(Cl)cc1. The highest BCUT2D eigenvalue weighted by molar-refractivity contribution is 6.30. The Balaban J connectivity index is 2.31. The lowest BCUT2D eigenvalue weighted by Crippen LogP contribution is -2.17. The Morgan fingerprint density at radius 2 is 1.86 bits per heavy atom. The molecular weight excluding hydrogens is 200 g/mol. The van der Waals surface area contributed by atoms with E-state index in [1.807, 2.05) is 0 Å². The van der Waals surface area contributed by atoms with Crippen molar-refractivity contribution >= 4 is 17.4 Å². The summed E-state index contributed by atoms with van der Waals surface area (Å²) in [5.74, 6) is -0.507. The Bertz CT molecular complexity index is 381. The van der Waals surface area contributed by atoms with Crippen molar-refractivity contribution in [2.75, 3.05) is 0 Å². The predicted octanol–water partition coefficient (Wildman–Crippen LogP) is 1.92. The molecule has 0 bridgehead atoms. The van der Waals surface area contributed by atoms with E-state index in [1.165, 1.54) is 12.2 Å². The normalized spacial score (nSPS) is 25.7. The molecule has 0 saturated carbocycles. The second-order valence-corrected chi connectivity index (χ2v) is 3.72. The molecule has 2 nitrogen and oxygen atoms in total. The lowest BCUT2D eigenvalue weighted by Gasteiger charge is -2.13. The molecule has 0 radical (unpaired) electrons. The second kappa shape index (κ2) is 3.56. The molecule has 0 spiro atoms. The molecular formula is C11H9ClO2. The van der Waals surface area contributed by atoms with E-state index in [-0.39, 0.29) is 5.78 Å². The third-order valence-corrected chi connectivity index (χ3v) is 2.59. The van der Waals surface area contributed by atoms with Crippen LogP contribution in [0.4, 0.5) is 0 Å². The maximum Gasteiger partial charge on any atom is 0.165 e. The first-order chi connectivity index (χ1) is 6.68. The second-order valence-electron chi connectivity index (χ2n) is 3.28. The summed E-state index contributed by atoms with van der Waals surface area (Å²) in [6.07, 6.45) is 2.23. The molecule has 0 amide bonds. The van der Waals surface area contributed by atoms with Crippen LogP contribution in [0.2, 0.25) is 5.02 Å². The van der Waals surface area contributed by atoms with Gasteiger partial charge in [0.25, 0.3) is 0 Å². The lowest BCUT2D eigenvalue weighted by molar-refractivity contribution is -0.116. The van der Waals surface area contributed by atoms with Gasteiger partial charge in [-0.15, -0.1) is 0 Å². The van der Waals surface area contributed by atoms with E-state index in [1.54, 1.807) is 24.3 Å². The molecule has 14 heavy (non-hydrogen) atoms. The Morgan fingerprint density at radius 1 is 1.21 bits per heavy atom. The first kappa shape index (κ1) is 9.44. The number of carbonyl (C=O) groups is 1. The summed E-state index contributed by atoms with van der Waals surface area (Å²) in [5, 5.41) is 10.2. The number of ketones is 1. The van der Waals surface area contributed by atoms with E-state index in [0.29, 0.717) is 5.02 Å². The van der Waals surface area contributed by atoms with Crippen molar-refractivity contribution in [2.45, 2.75) is 12.0 Å². The first-order valence-corrected chi connectivity index (χ1v) is 4.72. The highest BCUT2D eigenvalue weighted by Crippen LogP contribution is 2.27. The average molecular weight is 209 g/mol. The van der Waals surface area contributed by atoms with Crippen LogP contribution in [0.5, 0.6) is 0 Å². The van der Waals surface area contributed by atoms with Gasteiger partial charge in [0, 0.05) is 5.02 Å². The molecule has 1 aliphatic carbocycles. The van der Waals surface area contributed by atoms with Crippen molar-refractivity contribution < 1.29 is 9.90 Å². The minimum Gasteiger partial charge on any atom is -0.388 e. The molecule has 0 unspecified atom stereocenters. The van der Waals surface area contributed by atoms with Crippen LogP contribution < -0.4 is 0 Å². The zero-order valence-corrected chi connectivity index (χ0v) is 8.11. The maximum absolute atomic E-state index is 11.4. The fourth-order valence-corrected chi connectivity index (χ4v) is 1.73. The number of benzene rings is 1. The number of hydrogen-bond acceptors (Lipinski definition) is 2. The molecule has 0 aliphatic heterocycles. The van der Waals surface area contributed by atoms with Crippen molar-refractivity contribution in [3.05, 3.63) is 47.0 Å². The van der Waals surface area contributed by atoms with Gasteiger partial charge in [-0.3, -0.25) is 4.79 Å². The molecule has 0 fully saturated rings. The van der Waals surface area contributed by atoms with Gasteiger partial charge in [0.15, 0.2) is 5.78 Å². The predicted molar refractivity (Wildman–Crippen MR) is 54.3 cm³/mol. The summed E-state index contributed by atoms with van der Waals surface area (Å²) in [4.78, 5) is 11.4. The summed E-state index contributed by atoms with van der Waals surface area (Å²) in [6.45, 7) is 0. The molecule has 3 heteroatoms. The van der Waals surface area contributed by atoms with Gasteiger partial charge in [0.1, 0.15) is 0 Å². The van der Waals surface area contributed by atoms with Crippen molar-refractivity contribution in [1.29, 1.82) is 0 Å². The van der Waals surface area contributed by atoms with Crippen LogP contribution in [-0.4, -0.2) is 17.0 Å². The number of aliphatic hydroxyl groups is 1. The number of halogens is 1. The van der Waals surface area contributed by atoms with E-state index < -0.39 is 12.0 Å². The third kappa shape index (κ3) is 1.59. The van der Waals surface area contributed by atoms with Crippen LogP contribution >= 0.6 is 11.6 Å². The zero-order chi connectivity index (χ0) is 10.1. The van der Waals surface area contributed by atoms with Crippen molar-refractivity contribution in [3.63, 3.8) is 0 Å². The first-order valence-electron chi connectivity index (χ1n) is 4.34. The van der Waals surface area contributed by atoms with E-state index in [2.05, 4.69) is 0 Å². The molecule has 72 valence electrons. The van der Waals surface area contributed by atoms with Crippen LogP contribution in [0.1, 0.15) is 11.5 Å². The van der Waals surface area contributed by atoms with Crippen LogP contribution in [0.25, 0.3) is 0 Å². The van der Waals surface area contributed by atoms with E-state index in [9.17, 15) is 9.90 Å². The van der Waals surface area contributed by atoms with E-state index in [4.69, 9.17) is 11.6 Å².